The number of aliphatic hydroxyl groups is 1. The Labute approximate surface area is 95.5 Å². The van der Waals surface area contributed by atoms with Crippen LogP contribution in [0.25, 0.3) is 0 Å². The van der Waals surface area contributed by atoms with Crippen LogP contribution >= 0.6 is 0 Å². The van der Waals surface area contributed by atoms with Crippen LogP contribution in [0.5, 0.6) is 5.75 Å². The molecule has 0 bridgehead atoms. The average Bonchev–Trinajstić information content (AvgIpc) is 2.29. The average molecular weight is 227 g/mol. The highest BCUT2D eigenvalue weighted by Crippen LogP contribution is 2.20. The second kappa shape index (κ2) is 6.45. The van der Waals surface area contributed by atoms with E-state index in [1.54, 1.807) is 13.2 Å². The Morgan fingerprint density at radius 3 is 2.75 bits per heavy atom. The third-order valence-corrected chi connectivity index (χ3v) is 2.50. The van der Waals surface area contributed by atoms with Gasteiger partial charge >= 0.3 is 0 Å². The summed E-state index contributed by atoms with van der Waals surface area (Å²) < 4.78 is 18.3. The second-order valence-corrected chi connectivity index (χ2v) is 3.55. The van der Waals surface area contributed by atoms with Crippen molar-refractivity contribution in [2.75, 3.05) is 26.8 Å². The molecule has 0 unspecified atom stereocenters. The third-order valence-electron chi connectivity index (χ3n) is 2.50. The van der Waals surface area contributed by atoms with Crippen LogP contribution in [0.3, 0.4) is 0 Å². The summed E-state index contributed by atoms with van der Waals surface area (Å²) >= 11 is 0. The first-order chi connectivity index (χ1) is 7.71. The van der Waals surface area contributed by atoms with Gasteiger partial charge in [0.15, 0.2) is 0 Å². The first kappa shape index (κ1) is 12.9. The first-order valence-electron chi connectivity index (χ1n) is 5.36. The van der Waals surface area contributed by atoms with Crippen LogP contribution in [-0.2, 0) is 6.54 Å². The fourth-order valence-corrected chi connectivity index (χ4v) is 1.60. The van der Waals surface area contributed by atoms with Gasteiger partial charge in [0.25, 0.3) is 0 Å². The lowest BCUT2D eigenvalue weighted by Crippen LogP contribution is -2.26. The smallest absolute Gasteiger partial charge is 0.123 e. The van der Waals surface area contributed by atoms with E-state index >= 15 is 0 Å². The van der Waals surface area contributed by atoms with Crippen LogP contribution in [0.15, 0.2) is 18.2 Å². The highest BCUT2D eigenvalue weighted by molar-refractivity contribution is 5.33. The number of halogens is 1. The van der Waals surface area contributed by atoms with Crippen LogP contribution in [0.1, 0.15) is 12.5 Å². The highest BCUT2D eigenvalue weighted by Gasteiger charge is 2.09. The van der Waals surface area contributed by atoms with Gasteiger partial charge in [-0.2, -0.15) is 0 Å². The van der Waals surface area contributed by atoms with Crippen molar-refractivity contribution < 1.29 is 14.2 Å². The maximum absolute atomic E-state index is 13.1. The Morgan fingerprint density at radius 1 is 1.44 bits per heavy atom. The zero-order valence-electron chi connectivity index (χ0n) is 9.74. The predicted molar refractivity (Wildman–Crippen MR) is 61.0 cm³/mol. The zero-order valence-corrected chi connectivity index (χ0v) is 9.74. The molecule has 3 nitrogen and oxygen atoms in total. The number of benzene rings is 1. The highest BCUT2D eigenvalue weighted by atomic mass is 19.1. The Hall–Kier alpha value is -1.13. The maximum Gasteiger partial charge on any atom is 0.123 e. The predicted octanol–water partition coefficient (Wildman–Crippen LogP) is 1.65. The molecule has 1 aromatic carbocycles. The molecule has 0 heterocycles. The molecule has 0 atom stereocenters. The summed E-state index contributed by atoms with van der Waals surface area (Å²) in [7, 11) is 1.57. The molecule has 0 spiro atoms. The maximum atomic E-state index is 13.1. The molecule has 16 heavy (non-hydrogen) atoms. The number of hydrogen-bond donors (Lipinski definition) is 1. The van der Waals surface area contributed by atoms with Crippen molar-refractivity contribution in [2.45, 2.75) is 13.5 Å². The van der Waals surface area contributed by atoms with E-state index < -0.39 is 0 Å². The van der Waals surface area contributed by atoms with Crippen LogP contribution in [0, 0.1) is 5.82 Å². The summed E-state index contributed by atoms with van der Waals surface area (Å²) in [5.74, 6) is 0.411. The molecule has 0 aromatic heterocycles. The topological polar surface area (TPSA) is 32.7 Å². The molecule has 90 valence electrons. The summed E-state index contributed by atoms with van der Waals surface area (Å²) in [5, 5.41) is 8.88. The zero-order chi connectivity index (χ0) is 12.0. The largest absolute Gasteiger partial charge is 0.496 e. The van der Waals surface area contributed by atoms with E-state index in [-0.39, 0.29) is 12.4 Å². The first-order valence-corrected chi connectivity index (χ1v) is 5.36. The number of aliphatic hydroxyl groups excluding tert-OH is 1. The molecule has 4 heteroatoms. The number of nitrogens with zero attached hydrogens (tertiary/aromatic N) is 1. The molecule has 0 radical (unpaired) electrons. The SMILES string of the molecule is CCN(CCO)Cc1cc(F)ccc1OC. The Bertz CT molecular complexity index is 331. The number of rotatable bonds is 6. The number of ether oxygens (including phenoxy) is 1. The van der Waals surface area contributed by atoms with E-state index in [0.29, 0.717) is 18.8 Å². The molecule has 0 saturated heterocycles. The Kier molecular flexibility index (Phi) is 5.22. The van der Waals surface area contributed by atoms with E-state index in [1.807, 2.05) is 11.8 Å². The monoisotopic (exact) mass is 227 g/mol. The summed E-state index contributed by atoms with van der Waals surface area (Å²) in [4.78, 5) is 2.03. The van der Waals surface area contributed by atoms with E-state index in [4.69, 9.17) is 9.84 Å². The van der Waals surface area contributed by atoms with Crippen molar-refractivity contribution in [2.24, 2.45) is 0 Å². The van der Waals surface area contributed by atoms with Gasteiger partial charge in [-0.1, -0.05) is 6.92 Å². The van der Waals surface area contributed by atoms with Crippen molar-refractivity contribution in [3.8, 4) is 5.75 Å². The molecule has 0 amide bonds. The van der Waals surface area contributed by atoms with Gasteiger partial charge in [-0.15, -0.1) is 0 Å². The summed E-state index contributed by atoms with van der Waals surface area (Å²) in [6.07, 6.45) is 0. The molecule has 1 N–H and O–H groups in total. The quantitative estimate of drug-likeness (QED) is 0.802. The molecule has 0 fully saturated rings. The molecule has 1 aromatic rings. The number of hydrogen-bond acceptors (Lipinski definition) is 3. The fourth-order valence-electron chi connectivity index (χ4n) is 1.60. The van der Waals surface area contributed by atoms with Gasteiger partial charge in [0, 0.05) is 18.7 Å². The summed E-state index contributed by atoms with van der Waals surface area (Å²) in [5.41, 5.74) is 0.804. The van der Waals surface area contributed by atoms with E-state index in [0.717, 1.165) is 12.1 Å². The van der Waals surface area contributed by atoms with Gasteiger partial charge in [-0.25, -0.2) is 4.39 Å². The molecular formula is C12H18FNO2. The van der Waals surface area contributed by atoms with Crippen molar-refractivity contribution in [1.82, 2.24) is 4.90 Å². The van der Waals surface area contributed by atoms with Crippen LogP contribution in [0.2, 0.25) is 0 Å². The fraction of sp³-hybridized carbons (Fsp3) is 0.500. The van der Waals surface area contributed by atoms with E-state index in [2.05, 4.69) is 0 Å². The third kappa shape index (κ3) is 3.47. The van der Waals surface area contributed by atoms with E-state index in [9.17, 15) is 4.39 Å². The van der Waals surface area contributed by atoms with Gasteiger partial charge in [0.2, 0.25) is 0 Å². The summed E-state index contributed by atoms with van der Waals surface area (Å²) in [6.45, 7) is 4.07. The number of likely N-dealkylation sites (N-methyl/N-ethyl adjacent to an activating group) is 1. The van der Waals surface area contributed by atoms with Gasteiger partial charge in [-0.3, -0.25) is 4.90 Å². The van der Waals surface area contributed by atoms with Crippen LogP contribution < -0.4 is 4.74 Å². The molecule has 1 rings (SSSR count). The van der Waals surface area contributed by atoms with Crippen molar-refractivity contribution in [1.29, 1.82) is 0 Å². The van der Waals surface area contributed by atoms with Crippen molar-refractivity contribution in [3.63, 3.8) is 0 Å². The normalized spacial score (nSPS) is 10.8. The van der Waals surface area contributed by atoms with Gasteiger partial charge in [0.05, 0.1) is 13.7 Å². The van der Waals surface area contributed by atoms with Gasteiger partial charge < -0.3 is 9.84 Å². The minimum Gasteiger partial charge on any atom is -0.496 e. The van der Waals surface area contributed by atoms with E-state index in [1.165, 1.54) is 12.1 Å². The Morgan fingerprint density at radius 2 is 2.19 bits per heavy atom. The molecule has 0 aliphatic heterocycles. The minimum absolute atomic E-state index is 0.103. The minimum atomic E-state index is -0.268. The standard InChI is InChI=1S/C12H18FNO2/c1-3-14(6-7-15)9-10-8-11(13)4-5-12(10)16-2/h4-5,8,15H,3,6-7,9H2,1-2H3. The molecular weight excluding hydrogens is 209 g/mol. The Balaban J connectivity index is 2.80. The van der Waals surface area contributed by atoms with Gasteiger partial charge in [0.1, 0.15) is 11.6 Å². The van der Waals surface area contributed by atoms with Gasteiger partial charge in [-0.05, 0) is 24.7 Å². The number of methoxy groups -OCH3 is 1. The van der Waals surface area contributed by atoms with Crippen LogP contribution in [-0.4, -0.2) is 36.8 Å². The lowest BCUT2D eigenvalue weighted by atomic mass is 10.2. The molecule has 0 aliphatic carbocycles. The van der Waals surface area contributed by atoms with Crippen molar-refractivity contribution in [3.05, 3.63) is 29.6 Å². The summed E-state index contributed by atoms with van der Waals surface area (Å²) in [6, 6.07) is 4.47. The van der Waals surface area contributed by atoms with Crippen LogP contribution in [0.4, 0.5) is 4.39 Å². The second-order valence-electron chi connectivity index (χ2n) is 3.55. The molecule has 0 saturated carbocycles. The lowest BCUT2D eigenvalue weighted by Gasteiger charge is -2.20. The molecule has 0 aliphatic rings. The van der Waals surface area contributed by atoms with Crippen molar-refractivity contribution >= 4 is 0 Å². The lowest BCUT2D eigenvalue weighted by molar-refractivity contribution is 0.195.